The van der Waals surface area contributed by atoms with Crippen LogP contribution in [0.2, 0.25) is 0 Å². The van der Waals surface area contributed by atoms with Crippen LogP contribution in [-0.4, -0.2) is 82.7 Å². The molecule has 0 radical (unpaired) electrons. The minimum absolute atomic E-state index is 0.0397. The smallest absolute Gasteiger partial charge is 0.408 e. The summed E-state index contributed by atoms with van der Waals surface area (Å²) in [5, 5.41) is 25.5. The van der Waals surface area contributed by atoms with Crippen molar-refractivity contribution in [2.24, 2.45) is 23.7 Å². The Morgan fingerprint density at radius 2 is 1.33 bits per heavy atom. The molecule has 0 aliphatic carbocycles. The third-order valence-electron chi connectivity index (χ3n) is 8.07. The Bertz CT molecular complexity index is 1240. The zero-order valence-electron chi connectivity index (χ0n) is 32.6. The Kier molecular flexibility index (Phi) is 20.2. The van der Waals surface area contributed by atoms with Crippen molar-refractivity contribution in [2.45, 2.75) is 137 Å². The quantitative estimate of drug-likeness (QED) is 0.107. The van der Waals surface area contributed by atoms with E-state index in [1.165, 1.54) is 11.8 Å². The van der Waals surface area contributed by atoms with Crippen molar-refractivity contribution in [2.75, 3.05) is 12.0 Å². The predicted octanol–water partition coefficient (Wildman–Crippen LogP) is 4.54. The zero-order valence-corrected chi connectivity index (χ0v) is 33.4. The number of thioether (sulfide) groups is 1. The van der Waals surface area contributed by atoms with E-state index in [1.54, 1.807) is 27.7 Å². The van der Waals surface area contributed by atoms with Crippen LogP contribution in [0.1, 0.15) is 100 Å². The van der Waals surface area contributed by atoms with Crippen molar-refractivity contribution in [1.82, 2.24) is 26.6 Å². The molecule has 1 aromatic carbocycles. The maximum Gasteiger partial charge on any atom is 0.408 e. The SMILES string of the molecule is CSCC[C@H](NC(=O)[C@H](CC(C)C)NC(=O)OC(C)(C)C)C(=O)N[C@@H](CC(C)C)[C@@H](O)CC(C)C(=O)N[C@H](C(=O)NCc1ccccc1)C(C)C. The summed E-state index contributed by atoms with van der Waals surface area (Å²) in [7, 11) is 0. The molecule has 0 bridgehead atoms. The summed E-state index contributed by atoms with van der Waals surface area (Å²) in [6, 6.07) is 6.18. The lowest BCUT2D eigenvalue weighted by Gasteiger charge is -2.30. The van der Waals surface area contributed by atoms with Crippen LogP contribution in [0.3, 0.4) is 0 Å². The molecule has 5 amide bonds. The highest BCUT2D eigenvalue weighted by molar-refractivity contribution is 7.98. The summed E-state index contributed by atoms with van der Waals surface area (Å²) in [5.74, 6) is -1.74. The number of alkyl carbamates (subject to hydrolysis) is 1. The van der Waals surface area contributed by atoms with Gasteiger partial charge in [0.1, 0.15) is 23.7 Å². The Morgan fingerprint density at radius 3 is 1.86 bits per heavy atom. The summed E-state index contributed by atoms with van der Waals surface area (Å²) in [5.41, 5.74) is 0.194. The maximum absolute atomic E-state index is 13.7. The first-order valence-corrected chi connectivity index (χ1v) is 19.5. The van der Waals surface area contributed by atoms with E-state index in [0.717, 1.165) is 5.56 Å². The lowest BCUT2D eigenvalue weighted by Crippen LogP contribution is -2.57. The van der Waals surface area contributed by atoms with Gasteiger partial charge in [-0.25, -0.2) is 4.79 Å². The summed E-state index contributed by atoms with van der Waals surface area (Å²) in [6.45, 7) is 18.7. The van der Waals surface area contributed by atoms with Gasteiger partial charge in [-0.2, -0.15) is 11.8 Å². The molecule has 1 unspecified atom stereocenters. The molecule has 1 aromatic rings. The van der Waals surface area contributed by atoms with Crippen molar-refractivity contribution in [3.63, 3.8) is 0 Å². The fourth-order valence-electron chi connectivity index (χ4n) is 5.39. The van der Waals surface area contributed by atoms with Crippen LogP contribution in [-0.2, 0) is 30.5 Å². The Morgan fingerprint density at radius 1 is 0.745 bits per heavy atom. The second kappa shape index (κ2) is 22.6. The Labute approximate surface area is 310 Å². The van der Waals surface area contributed by atoms with Gasteiger partial charge in [0.2, 0.25) is 23.6 Å². The van der Waals surface area contributed by atoms with Gasteiger partial charge in [-0.15, -0.1) is 0 Å². The number of carbonyl (C=O) groups excluding carboxylic acids is 5. The minimum Gasteiger partial charge on any atom is -0.444 e. The van der Waals surface area contributed by atoms with Gasteiger partial charge < -0.3 is 36.4 Å². The fraction of sp³-hybridized carbons (Fsp3) is 0.711. The highest BCUT2D eigenvalue weighted by Gasteiger charge is 2.33. The number of aliphatic hydroxyl groups is 1. The van der Waals surface area contributed by atoms with Gasteiger partial charge in [-0.1, -0.05) is 78.8 Å². The number of ether oxygens (including phenoxy) is 1. The second-order valence-electron chi connectivity index (χ2n) is 15.6. The van der Waals surface area contributed by atoms with E-state index < -0.39 is 59.7 Å². The summed E-state index contributed by atoms with van der Waals surface area (Å²) < 4.78 is 5.36. The number of benzene rings is 1. The van der Waals surface area contributed by atoms with E-state index in [0.29, 0.717) is 31.6 Å². The lowest BCUT2D eigenvalue weighted by molar-refractivity contribution is -0.133. The normalized spacial score (nSPS) is 15.3. The van der Waals surface area contributed by atoms with Gasteiger partial charge in [-0.05, 0) is 81.8 Å². The Hall–Kier alpha value is -3.32. The first-order chi connectivity index (χ1) is 23.7. The van der Waals surface area contributed by atoms with E-state index in [2.05, 4.69) is 26.6 Å². The average Bonchev–Trinajstić information content (AvgIpc) is 3.02. The number of aliphatic hydroxyl groups excluding tert-OH is 1. The molecule has 0 spiro atoms. The predicted molar refractivity (Wildman–Crippen MR) is 204 cm³/mol. The number of carbonyl (C=O) groups is 5. The molecule has 290 valence electrons. The van der Waals surface area contributed by atoms with Crippen molar-refractivity contribution in [3.8, 4) is 0 Å². The number of hydrogen-bond acceptors (Lipinski definition) is 8. The van der Waals surface area contributed by atoms with Crippen LogP contribution < -0.4 is 26.6 Å². The van der Waals surface area contributed by atoms with Crippen LogP contribution in [0.5, 0.6) is 0 Å². The van der Waals surface area contributed by atoms with E-state index >= 15 is 0 Å². The fourth-order valence-corrected chi connectivity index (χ4v) is 5.86. The monoisotopic (exact) mass is 735 g/mol. The highest BCUT2D eigenvalue weighted by Crippen LogP contribution is 2.18. The number of nitrogens with one attached hydrogen (secondary N) is 5. The molecule has 51 heavy (non-hydrogen) atoms. The molecule has 0 saturated carbocycles. The van der Waals surface area contributed by atoms with Crippen LogP contribution in [0.25, 0.3) is 0 Å². The maximum atomic E-state index is 13.7. The third-order valence-corrected chi connectivity index (χ3v) is 8.72. The number of amides is 5. The highest BCUT2D eigenvalue weighted by atomic mass is 32.2. The topological polar surface area (TPSA) is 175 Å². The molecule has 6 N–H and O–H groups in total. The molecular weight excluding hydrogens is 671 g/mol. The molecule has 0 heterocycles. The van der Waals surface area contributed by atoms with Gasteiger partial charge in [-0.3, -0.25) is 19.2 Å². The molecule has 1 rings (SSSR count). The van der Waals surface area contributed by atoms with Crippen molar-refractivity contribution >= 4 is 41.5 Å². The molecule has 0 fully saturated rings. The first kappa shape index (κ1) is 45.7. The molecule has 0 saturated heterocycles. The van der Waals surface area contributed by atoms with Gasteiger partial charge in [0.05, 0.1) is 12.1 Å². The summed E-state index contributed by atoms with van der Waals surface area (Å²) >= 11 is 1.53. The second-order valence-corrected chi connectivity index (χ2v) is 16.5. The molecule has 0 aliphatic rings. The van der Waals surface area contributed by atoms with Crippen molar-refractivity contribution in [1.29, 1.82) is 0 Å². The molecule has 0 aromatic heterocycles. The molecular formula is C38H65N5O7S. The number of hydrogen-bond donors (Lipinski definition) is 6. The Balaban J connectivity index is 3.03. The van der Waals surface area contributed by atoms with Crippen molar-refractivity contribution in [3.05, 3.63) is 35.9 Å². The summed E-state index contributed by atoms with van der Waals surface area (Å²) in [6.07, 6.45) is 1.22. The van der Waals surface area contributed by atoms with Crippen molar-refractivity contribution < 1.29 is 33.8 Å². The van der Waals surface area contributed by atoms with Crippen LogP contribution >= 0.6 is 11.8 Å². The average molecular weight is 736 g/mol. The zero-order chi connectivity index (χ0) is 38.9. The molecule has 13 heteroatoms. The first-order valence-electron chi connectivity index (χ1n) is 18.1. The standard InChI is InChI=1S/C38H65N5O7S/c1-23(2)19-29(31(44)21-26(7)33(45)43-32(25(5)6)36(48)39-22-27-15-13-12-14-16-27)41-34(46)28(17-18-51-11)40-35(47)30(20-24(3)4)42-37(49)50-38(8,9)10/h12-16,23-26,28-32,44H,17-22H2,1-11H3,(H,39,48)(H,40,47)(H,41,46)(H,42,49)(H,43,45)/t26?,28-,29-,30-,31-,32-/m0/s1. The number of rotatable bonds is 21. The molecule has 12 nitrogen and oxygen atoms in total. The van der Waals surface area contributed by atoms with E-state index in [9.17, 15) is 29.1 Å². The molecule has 6 atom stereocenters. The third kappa shape index (κ3) is 18.7. The van der Waals surface area contributed by atoms with Gasteiger partial charge in [0.25, 0.3) is 0 Å². The largest absolute Gasteiger partial charge is 0.444 e. The minimum atomic E-state index is -1.08. The van der Waals surface area contributed by atoms with Crippen LogP contribution in [0, 0.1) is 23.7 Å². The van der Waals surface area contributed by atoms with Crippen LogP contribution in [0.4, 0.5) is 4.79 Å². The van der Waals surface area contributed by atoms with E-state index in [-0.39, 0.29) is 36.0 Å². The molecule has 0 aliphatic heterocycles. The van der Waals surface area contributed by atoms with E-state index in [4.69, 9.17) is 4.74 Å². The van der Waals surface area contributed by atoms with Gasteiger partial charge in [0.15, 0.2) is 0 Å². The van der Waals surface area contributed by atoms with Gasteiger partial charge >= 0.3 is 6.09 Å². The van der Waals surface area contributed by atoms with E-state index in [1.807, 2.05) is 78.1 Å². The lowest BCUT2D eigenvalue weighted by atomic mass is 9.91. The summed E-state index contributed by atoms with van der Waals surface area (Å²) in [4.78, 5) is 66.1. The van der Waals surface area contributed by atoms with Crippen LogP contribution in [0.15, 0.2) is 30.3 Å². The van der Waals surface area contributed by atoms with Gasteiger partial charge in [0, 0.05) is 12.5 Å².